The molecule has 1 aliphatic rings. The van der Waals surface area contributed by atoms with E-state index in [-0.39, 0.29) is 18.5 Å². The number of nitrogens with zero attached hydrogens (tertiary/aromatic N) is 4. The molecule has 8 heteroatoms. The van der Waals surface area contributed by atoms with Crippen LogP contribution in [0.2, 0.25) is 0 Å². The van der Waals surface area contributed by atoms with Crippen molar-refractivity contribution in [3.63, 3.8) is 0 Å². The highest BCUT2D eigenvalue weighted by Crippen LogP contribution is 2.28. The number of methoxy groups -OCH3 is 1. The summed E-state index contributed by atoms with van der Waals surface area (Å²) in [6, 6.07) is 5.87. The van der Waals surface area contributed by atoms with Crippen molar-refractivity contribution in [2.75, 3.05) is 19.5 Å². The molecule has 1 fully saturated rings. The number of nitrogens with two attached hydrogens (primary N) is 1. The summed E-state index contributed by atoms with van der Waals surface area (Å²) >= 11 is 0. The van der Waals surface area contributed by atoms with Gasteiger partial charge in [0.2, 0.25) is 0 Å². The summed E-state index contributed by atoms with van der Waals surface area (Å²) in [5.41, 5.74) is 6.24. The summed E-state index contributed by atoms with van der Waals surface area (Å²) in [7, 11) is 1.46. The maximum absolute atomic E-state index is 11.9. The number of carbonyl (C=O) groups excluding carboxylic acids is 1. The molecule has 0 bridgehead atoms. The highest BCUT2D eigenvalue weighted by atomic mass is 16.6. The maximum atomic E-state index is 11.9. The van der Waals surface area contributed by atoms with Crippen molar-refractivity contribution in [1.82, 2.24) is 14.6 Å². The molecule has 25 heavy (non-hydrogen) atoms. The number of nitrogen functional groups attached to an aromatic ring is 1. The van der Waals surface area contributed by atoms with Crippen LogP contribution in [0.5, 0.6) is 0 Å². The summed E-state index contributed by atoms with van der Waals surface area (Å²) in [5, 5.41) is 13.8. The lowest BCUT2D eigenvalue weighted by Crippen LogP contribution is -2.38. The van der Waals surface area contributed by atoms with E-state index in [4.69, 9.17) is 15.2 Å². The van der Waals surface area contributed by atoms with E-state index in [1.54, 1.807) is 4.52 Å². The van der Waals surface area contributed by atoms with E-state index in [9.17, 15) is 10.1 Å². The van der Waals surface area contributed by atoms with Crippen LogP contribution in [0.3, 0.4) is 0 Å². The molecule has 1 aliphatic carbocycles. The Kier molecular flexibility index (Phi) is 4.86. The fourth-order valence-electron chi connectivity index (χ4n) is 2.84. The molecule has 8 nitrogen and oxygen atoms in total. The van der Waals surface area contributed by atoms with Gasteiger partial charge in [-0.05, 0) is 37.8 Å². The normalized spacial score (nSPS) is 16.8. The number of fused-ring (bicyclic) bond motifs is 1. The van der Waals surface area contributed by atoms with Crippen LogP contribution < -0.4 is 5.73 Å². The van der Waals surface area contributed by atoms with Gasteiger partial charge in [-0.3, -0.25) is 4.79 Å². The number of esters is 1. The van der Waals surface area contributed by atoms with Crippen LogP contribution >= 0.6 is 0 Å². The van der Waals surface area contributed by atoms with Gasteiger partial charge in [0.05, 0.1) is 5.92 Å². The number of aromatic nitrogens is 3. The minimum Gasteiger partial charge on any atom is -0.461 e. The number of anilines is 1. The minimum absolute atomic E-state index is 0.0255. The average Bonchev–Trinajstić information content (AvgIpc) is 2.99. The molecule has 0 saturated heterocycles. The summed E-state index contributed by atoms with van der Waals surface area (Å²) in [4.78, 5) is 15.9. The van der Waals surface area contributed by atoms with E-state index in [2.05, 4.69) is 16.2 Å². The molecule has 1 unspecified atom stereocenters. The Morgan fingerprint density at radius 1 is 1.52 bits per heavy atom. The van der Waals surface area contributed by atoms with Crippen LogP contribution in [-0.2, 0) is 20.7 Å². The molecule has 3 rings (SSSR count). The second-order valence-corrected chi connectivity index (χ2v) is 6.31. The average molecular weight is 343 g/mol. The number of carbonyl (C=O) groups is 1. The number of rotatable bonds is 7. The highest BCUT2D eigenvalue weighted by molar-refractivity contribution is 5.73. The number of nitriles is 1. The van der Waals surface area contributed by atoms with Crippen molar-refractivity contribution in [2.45, 2.75) is 37.7 Å². The summed E-state index contributed by atoms with van der Waals surface area (Å²) in [6.07, 6.45) is 5.06. The third-order valence-electron chi connectivity index (χ3n) is 4.83. The van der Waals surface area contributed by atoms with E-state index in [1.807, 2.05) is 12.1 Å². The first-order chi connectivity index (χ1) is 12.1. The third-order valence-corrected chi connectivity index (χ3v) is 4.83. The standard InChI is InChI=1S/C17H21N5O3/c1-24-17(9-18,10-25-16(23)12-3-2-4-12)8-7-13-5-6-14-15(19)20-11-21-22(13)14/h5-6,11-12H,2-4,7-8,10H2,1H3,(H2,19,20,21). The Labute approximate surface area is 145 Å². The van der Waals surface area contributed by atoms with E-state index in [0.717, 1.165) is 25.0 Å². The van der Waals surface area contributed by atoms with E-state index < -0.39 is 5.60 Å². The SMILES string of the molecule is COC(C#N)(CCc1ccc2c(N)ncnn12)COC(=O)C1CCC1. The van der Waals surface area contributed by atoms with Gasteiger partial charge in [0, 0.05) is 12.8 Å². The molecule has 2 aromatic heterocycles. The van der Waals surface area contributed by atoms with Crippen molar-refractivity contribution in [2.24, 2.45) is 5.92 Å². The van der Waals surface area contributed by atoms with Crippen LogP contribution in [0.4, 0.5) is 5.82 Å². The van der Waals surface area contributed by atoms with Crippen molar-refractivity contribution >= 4 is 17.3 Å². The van der Waals surface area contributed by atoms with Crippen LogP contribution in [0.25, 0.3) is 5.52 Å². The topological polar surface area (TPSA) is 116 Å². The molecule has 0 aromatic carbocycles. The number of hydrogen-bond acceptors (Lipinski definition) is 7. The van der Waals surface area contributed by atoms with Crippen molar-refractivity contribution in [3.8, 4) is 6.07 Å². The molecular weight excluding hydrogens is 322 g/mol. The van der Waals surface area contributed by atoms with Gasteiger partial charge in [0.1, 0.15) is 24.5 Å². The van der Waals surface area contributed by atoms with Gasteiger partial charge in [0.15, 0.2) is 11.4 Å². The van der Waals surface area contributed by atoms with E-state index in [1.165, 1.54) is 13.4 Å². The zero-order chi connectivity index (χ0) is 17.9. The molecule has 1 atom stereocenters. The Morgan fingerprint density at radius 3 is 2.96 bits per heavy atom. The Balaban J connectivity index is 1.67. The second kappa shape index (κ2) is 7.07. The Hall–Kier alpha value is -2.66. The third kappa shape index (κ3) is 3.42. The Morgan fingerprint density at radius 2 is 2.32 bits per heavy atom. The zero-order valence-electron chi connectivity index (χ0n) is 14.1. The van der Waals surface area contributed by atoms with Gasteiger partial charge in [0.25, 0.3) is 0 Å². The quantitative estimate of drug-likeness (QED) is 0.757. The number of ether oxygens (including phenoxy) is 2. The van der Waals surface area contributed by atoms with Crippen LogP contribution in [0.1, 0.15) is 31.4 Å². The van der Waals surface area contributed by atoms with Crippen molar-refractivity contribution in [3.05, 3.63) is 24.2 Å². The van der Waals surface area contributed by atoms with E-state index in [0.29, 0.717) is 24.2 Å². The lowest BCUT2D eigenvalue weighted by molar-refractivity contribution is -0.158. The molecule has 2 N–H and O–H groups in total. The van der Waals surface area contributed by atoms with Crippen LogP contribution in [0, 0.1) is 17.2 Å². The first-order valence-corrected chi connectivity index (χ1v) is 8.29. The van der Waals surface area contributed by atoms with Gasteiger partial charge in [-0.2, -0.15) is 10.4 Å². The van der Waals surface area contributed by atoms with Gasteiger partial charge >= 0.3 is 5.97 Å². The van der Waals surface area contributed by atoms with Gasteiger partial charge in [-0.15, -0.1) is 0 Å². The minimum atomic E-state index is -1.18. The number of aryl methyl sites for hydroxylation is 1. The van der Waals surface area contributed by atoms with Crippen molar-refractivity contribution < 1.29 is 14.3 Å². The van der Waals surface area contributed by atoms with Gasteiger partial charge < -0.3 is 15.2 Å². The maximum Gasteiger partial charge on any atom is 0.309 e. The largest absolute Gasteiger partial charge is 0.461 e. The molecule has 1 saturated carbocycles. The lowest BCUT2D eigenvalue weighted by atomic mass is 9.85. The molecule has 0 aliphatic heterocycles. The molecule has 0 spiro atoms. The molecule has 2 heterocycles. The molecule has 132 valence electrons. The fraction of sp³-hybridized carbons (Fsp3) is 0.529. The second-order valence-electron chi connectivity index (χ2n) is 6.31. The fourth-order valence-corrected chi connectivity index (χ4v) is 2.84. The summed E-state index contributed by atoms with van der Waals surface area (Å²) in [6.45, 7) is -0.0736. The molecule has 2 aromatic rings. The first kappa shape index (κ1) is 17.2. The smallest absolute Gasteiger partial charge is 0.309 e. The molecular formula is C17H21N5O3. The zero-order valence-corrected chi connectivity index (χ0v) is 14.1. The van der Waals surface area contributed by atoms with Gasteiger partial charge in [-0.1, -0.05) is 6.42 Å². The monoisotopic (exact) mass is 343 g/mol. The Bertz CT molecular complexity index is 808. The predicted octanol–water partition coefficient (Wildman–Crippen LogP) is 1.50. The van der Waals surface area contributed by atoms with Gasteiger partial charge in [-0.25, -0.2) is 9.50 Å². The van der Waals surface area contributed by atoms with Crippen LogP contribution in [0.15, 0.2) is 18.5 Å². The summed E-state index contributed by atoms with van der Waals surface area (Å²) in [5.74, 6) is 0.132. The summed E-state index contributed by atoms with van der Waals surface area (Å²) < 4.78 is 12.4. The first-order valence-electron chi connectivity index (χ1n) is 8.29. The van der Waals surface area contributed by atoms with E-state index >= 15 is 0 Å². The van der Waals surface area contributed by atoms with Crippen LogP contribution in [-0.4, -0.2) is 39.9 Å². The molecule has 0 radical (unpaired) electrons. The van der Waals surface area contributed by atoms with Crippen molar-refractivity contribution in [1.29, 1.82) is 5.26 Å². The lowest BCUT2D eigenvalue weighted by Gasteiger charge is -2.28. The highest BCUT2D eigenvalue weighted by Gasteiger charge is 2.34. The molecule has 0 amide bonds. The predicted molar refractivity (Wildman–Crippen MR) is 89.4 cm³/mol. The number of hydrogen-bond donors (Lipinski definition) is 1.